The van der Waals surface area contributed by atoms with Crippen LogP contribution in [-0.4, -0.2) is 41.0 Å². The van der Waals surface area contributed by atoms with Crippen LogP contribution in [0.5, 0.6) is 0 Å². The van der Waals surface area contributed by atoms with Crippen molar-refractivity contribution in [1.82, 2.24) is 0 Å². The SMILES string of the molecule is COC/C=C/C(OC)(OC)OC. The van der Waals surface area contributed by atoms with Gasteiger partial charge < -0.3 is 18.9 Å². The molecule has 72 valence electrons. The molecule has 0 aliphatic heterocycles. The zero-order chi connectivity index (χ0) is 9.45. The van der Waals surface area contributed by atoms with Crippen molar-refractivity contribution in [2.45, 2.75) is 5.97 Å². The molecule has 0 radical (unpaired) electrons. The molecule has 0 heterocycles. The molecule has 0 N–H and O–H groups in total. The molecule has 0 bridgehead atoms. The second-order valence-electron chi connectivity index (χ2n) is 2.07. The molecule has 0 rings (SSSR count). The van der Waals surface area contributed by atoms with Gasteiger partial charge in [-0.05, 0) is 0 Å². The molecule has 0 saturated heterocycles. The van der Waals surface area contributed by atoms with Crippen LogP contribution in [0.1, 0.15) is 0 Å². The minimum Gasteiger partial charge on any atom is -0.381 e. The van der Waals surface area contributed by atoms with Crippen LogP contribution in [0.25, 0.3) is 0 Å². The molecular weight excluding hydrogens is 160 g/mol. The van der Waals surface area contributed by atoms with Gasteiger partial charge in [0.25, 0.3) is 0 Å². The van der Waals surface area contributed by atoms with Gasteiger partial charge in [-0.25, -0.2) is 0 Å². The van der Waals surface area contributed by atoms with Crippen molar-refractivity contribution in [3.05, 3.63) is 12.2 Å². The average Bonchev–Trinajstić information content (AvgIpc) is 2.14. The molecule has 0 aliphatic rings. The average molecular weight is 176 g/mol. The van der Waals surface area contributed by atoms with Crippen molar-refractivity contribution in [1.29, 1.82) is 0 Å². The van der Waals surface area contributed by atoms with E-state index in [0.29, 0.717) is 6.61 Å². The lowest BCUT2D eigenvalue weighted by Gasteiger charge is -2.24. The van der Waals surface area contributed by atoms with Gasteiger partial charge in [0.1, 0.15) is 0 Å². The maximum Gasteiger partial charge on any atom is 0.303 e. The summed E-state index contributed by atoms with van der Waals surface area (Å²) in [6.45, 7) is 0.498. The Bertz CT molecular complexity index is 121. The lowest BCUT2D eigenvalue weighted by Crippen LogP contribution is -2.33. The Morgan fingerprint density at radius 3 is 1.83 bits per heavy atom. The first kappa shape index (κ1) is 11.6. The summed E-state index contributed by atoms with van der Waals surface area (Å²) in [5.74, 6) is -1.08. The highest BCUT2D eigenvalue weighted by atomic mass is 16.9. The predicted octanol–water partition coefficient (Wildman–Crippen LogP) is 0.782. The van der Waals surface area contributed by atoms with Gasteiger partial charge in [0, 0.05) is 34.5 Å². The Labute approximate surface area is 73.1 Å². The van der Waals surface area contributed by atoms with E-state index in [0.717, 1.165) is 0 Å². The van der Waals surface area contributed by atoms with Gasteiger partial charge in [-0.3, -0.25) is 0 Å². The molecule has 0 fully saturated rings. The van der Waals surface area contributed by atoms with Crippen molar-refractivity contribution in [2.24, 2.45) is 0 Å². The maximum absolute atomic E-state index is 5.00. The van der Waals surface area contributed by atoms with Crippen molar-refractivity contribution in [2.75, 3.05) is 35.0 Å². The van der Waals surface area contributed by atoms with Crippen LogP contribution in [0.4, 0.5) is 0 Å². The fourth-order valence-corrected chi connectivity index (χ4v) is 0.743. The third-order valence-corrected chi connectivity index (χ3v) is 1.44. The molecule has 0 amide bonds. The van der Waals surface area contributed by atoms with Crippen LogP contribution in [-0.2, 0) is 18.9 Å². The molecule has 0 saturated carbocycles. The van der Waals surface area contributed by atoms with E-state index in [-0.39, 0.29) is 0 Å². The summed E-state index contributed by atoms with van der Waals surface area (Å²) < 4.78 is 19.8. The van der Waals surface area contributed by atoms with Crippen LogP contribution < -0.4 is 0 Å². The minimum atomic E-state index is -1.08. The van der Waals surface area contributed by atoms with E-state index >= 15 is 0 Å². The lowest BCUT2D eigenvalue weighted by molar-refractivity contribution is -0.319. The highest BCUT2D eigenvalue weighted by Gasteiger charge is 2.24. The zero-order valence-electron chi connectivity index (χ0n) is 7.99. The van der Waals surface area contributed by atoms with E-state index in [1.807, 2.05) is 0 Å². The first-order valence-corrected chi connectivity index (χ1v) is 3.56. The summed E-state index contributed by atoms with van der Waals surface area (Å²) in [5, 5.41) is 0. The Hall–Kier alpha value is -0.420. The lowest BCUT2D eigenvalue weighted by atomic mass is 10.4. The van der Waals surface area contributed by atoms with Gasteiger partial charge in [-0.2, -0.15) is 0 Å². The van der Waals surface area contributed by atoms with Crippen LogP contribution in [0.15, 0.2) is 12.2 Å². The van der Waals surface area contributed by atoms with Gasteiger partial charge in [-0.15, -0.1) is 0 Å². The van der Waals surface area contributed by atoms with Crippen LogP contribution in [0.3, 0.4) is 0 Å². The summed E-state index contributed by atoms with van der Waals surface area (Å²) in [6, 6.07) is 0. The standard InChI is InChI=1S/C8H16O4/c1-9-7-5-6-8(10-2,11-3)12-4/h5-6H,7H2,1-4H3/b6-5+. The molecule has 4 heteroatoms. The van der Waals surface area contributed by atoms with Gasteiger partial charge in [0.05, 0.1) is 6.61 Å². The molecule has 0 aromatic heterocycles. The molecule has 0 unspecified atom stereocenters. The first-order valence-electron chi connectivity index (χ1n) is 3.56. The number of hydrogen-bond donors (Lipinski definition) is 0. The van der Waals surface area contributed by atoms with Crippen LogP contribution in [0.2, 0.25) is 0 Å². The quantitative estimate of drug-likeness (QED) is 0.442. The fraction of sp³-hybridized carbons (Fsp3) is 0.750. The molecule has 4 nitrogen and oxygen atoms in total. The van der Waals surface area contributed by atoms with Gasteiger partial charge in [-0.1, -0.05) is 6.08 Å². The number of rotatable bonds is 6. The summed E-state index contributed by atoms with van der Waals surface area (Å²) in [4.78, 5) is 0. The third-order valence-electron chi connectivity index (χ3n) is 1.44. The number of hydrogen-bond acceptors (Lipinski definition) is 4. The monoisotopic (exact) mass is 176 g/mol. The molecule has 0 atom stereocenters. The molecule has 0 spiro atoms. The molecule has 0 aromatic carbocycles. The molecule has 0 aliphatic carbocycles. The molecule has 12 heavy (non-hydrogen) atoms. The van der Waals surface area contributed by atoms with E-state index in [2.05, 4.69) is 0 Å². The second-order valence-corrected chi connectivity index (χ2v) is 2.07. The van der Waals surface area contributed by atoms with Crippen LogP contribution >= 0.6 is 0 Å². The Kier molecular flexibility index (Phi) is 5.92. The normalized spacial score (nSPS) is 12.7. The highest BCUT2D eigenvalue weighted by Crippen LogP contribution is 2.13. The molecule has 0 aromatic rings. The second kappa shape index (κ2) is 6.14. The van der Waals surface area contributed by atoms with E-state index in [4.69, 9.17) is 18.9 Å². The third kappa shape index (κ3) is 3.32. The number of methoxy groups -OCH3 is 4. The maximum atomic E-state index is 5.00. The minimum absolute atomic E-state index is 0.498. The zero-order valence-corrected chi connectivity index (χ0v) is 7.99. The van der Waals surface area contributed by atoms with Crippen LogP contribution in [0, 0.1) is 0 Å². The predicted molar refractivity (Wildman–Crippen MR) is 44.8 cm³/mol. The largest absolute Gasteiger partial charge is 0.381 e. The van der Waals surface area contributed by atoms with Gasteiger partial charge >= 0.3 is 5.97 Å². The Morgan fingerprint density at radius 1 is 1.00 bits per heavy atom. The van der Waals surface area contributed by atoms with E-state index in [9.17, 15) is 0 Å². The first-order chi connectivity index (χ1) is 5.74. The van der Waals surface area contributed by atoms with Crippen molar-refractivity contribution < 1.29 is 18.9 Å². The molecular formula is C8H16O4. The summed E-state index contributed by atoms with van der Waals surface area (Å²) in [7, 11) is 6.12. The summed E-state index contributed by atoms with van der Waals surface area (Å²) >= 11 is 0. The van der Waals surface area contributed by atoms with E-state index in [1.165, 1.54) is 21.3 Å². The van der Waals surface area contributed by atoms with Gasteiger partial charge in [0.2, 0.25) is 0 Å². The van der Waals surface area contributed by atoms with Crippen molar-refractivity contribution in [3.63, 3.8) is 0 Å². The van der Waals surface area contributed by atoms with Crippen molar-refractivity contribution >= 4 is 0 Å². The number of ether oxygens (including phenoxy) is 4. The Balaban J connectivity index is 4.09. The van der Waals surface area contributed by atoms with Crippen molar-refractivity contribution in [3.8, 4) is 0 Å². The van der Waals surface area contributed by atoms with Gasteiger partial charge in [0.15, 0.2) is 0 Å². The summed E-state index contributed by atoms with van der Waals surface area (Å²) in [6.07, 6.45) is 3.41. The van der Waals surface area contributed by atoms with E-state index in [1.54, 1.807) is 19.3 Å². The van der Waals surface area contributed by atoms with E-state index < -0.39 is 5.97 Å². The Morgan fingerprint density at radius 2 is 1.50 bits per heavy atom. The summed E-state index contributed by atoms with van der Waals surface area (Å²) in [5.41, 5.74) is 0. The highest BCUT2D eigenvalue weighted by molar-refractivity contribution is 4.90. The fourth-order valence-electron chi connectivity index (χ4n) is 0.743. The smallest absolute Gasteiger partial charge is 0.303 e. The topological polar surface area (TPSA) is 36.9 Å².